The van der Waals surface area contributed by atoms with Crippen molar-refractivity contribution in [1.82, 2.24) is 29.4 Å². The number of hydrogen-bond acceptors (Lipinski definition) is 5. The van der Waals surface area contributed by atoms with Gasteiger partial charge in [0.15, 0.2) is 5.82 Å². The Morgan fingerprint density at radius 2 is 1.66 bits per heavy atom. The quantitative estimate of drug-likeness (QED) is 0.736. The van der Waals surface area contributed by atoms with Gasteiger partial charge in [0.2, 0.25) is 0 Å². The first-order valence-corrected chi connectivity index (χ1v) is 10.4. The molecule has 154 valence electrons. The summed E-state index contributed by atoms with van der Waals surface area (Å²) in [5.41, 5.74) is 2.96. The molecule has 0 aliphatic carbocycles. The number of aromatic amines is 1. The molecule has 1 aliphatic heterocycles. The minimum atomic E-state index is -0.123. The maximum Gasteiger partial charge on any atom is 0.274 e. The molecular formula is C22H30N6O. The molecule has 0 spiro atoms. The molecule has 0 unspecified atom stereocenters. The third kappa shape index (κ3) is 4.26. The lowest BCUT2D eigenvalue weighted by atomic mass is 9.87. The van der Waals surface area contributed by atoms with Gasteiger partial charge in [0.25, 0.3) is 11.3 Å². The van der Waals surface area contributed by atoms with Gasteiger partial charge in [0.1, 0.15) is 0 Å². The maximum absolute atomic E-state index is 12.6. The van der Waals surface area contributed by atoms with Crippen molar-refractivity contribution in [1.29, 1.82) is 0 Å². The number of fused-ring (bicyclic) bond motifs is 1. The summed E-state index contributed by atoms with van der Waals surface area (Å²) in [5, 5.41) is 3.09. The lowest BCUT2D eigenvalue weighted by Gasteiger charge is -2.33. The van der Waals surface area contributed by atoms with Crippen LogP contribution in [0.5, 0.6) is 0 Å². The van der Waals surface area contributed by atoms with Crippen molar-refractivity contribution >= 4 is 5.78 Å². The van der Waals surface area contributed by atoms with Crippen LogP contribution in [-0.2, 0) is 12.0 Å². The van der Waals surface area contributed by atoms with E-state index in [1.165, 1.54) is 10.1 Å². The highest BCUT2D eigenvalue weighted by Gasteiger charge is 2.18. The Morgan fingerprint density at radius 1 is 1.00 bits per heavy atom. The molecule has 1 aromatic carbocycles. The molecule has 7 heteroatoms. The Balaban J connectivity index is 1.57. The molecule has 4 rings (SSSR count). The van der Waals surface area contributed by atoms with E-state index in [4.69, 9.17) is 0 Å². The Bertz CT molecular complexity index is 1040. The summed E-state index contributed by atoms with van der Waals surface area (Å²) < 4.78 is 1.42. The standard InChI is InChI=1S/C22H30N6O/c1-5-26-10-12-27(13-11-26)15-18-14-19(29)28-21(23-18)24-20(25-28)16-6-8-17(9-7-16)22(2,3)4/h6-9,14H,5,10-13,15H2,1-4H3,(H,23,24,25). The highest BCUT2D eigenvalue weighted by molar-refractivity contribution is 5.57. The largest absolute Gasteiger partial charge is 0.301 e. The van der Waals surface area contributed by atoms with Gasteiger partial charge in [-0.15, -0.1) is 0 Å². The first-order valence-electron chi connectivity index (χ1n) is 10.4. The van der Waals surface area contributed by atoms with Crippen LogP contribution >= 0.6 is 0 Å². The van der Waals surface area contributed by atoms with Gasteiger partial charge in [-0.05, 0) is 17.5 Å². The summed E-state index contributed by atoms with van der Waals surface area (Å²) in [6.45, 7) is 14.7. The Hall–Kier alpha value is -2.51. The summed E-state index contributed by atoms with van der Waals surface area (Å²) in [7, 11) is 0. The Kier molecular flexibility index (Phi) is 5.27. The first-order chi connectivity index (χ1) is 13.8. The van der Waals surface area contributed by atoms with Crippen LogP contribution < -0.4 is 5.56 Å². The average Bonchev–Trinajstić information content (AvgIpc) is 3.13. The van der Waals surface area contributed by atoms with E-state index in [1.54, 1.807) is 6.07 Å². The van der Waals surface area contributed by atoms with E-state index in [-0.39, 0.29) is 11.0 Å². The molecule has 3 aromatic rings. The van der Waals surface area contributed by atoms with Crippen molar-refractivity contribution < 1.29 is 0 Å². The zero-order valence-electron chi connectivity index (χ0n) is 17.8. The number of nitrogens with zero attached hydrogens (tertiary/aromatic N) is 5. The number of piperazine rings is 1. The summed E-state index contributed by atoms with van der Waals surface area (Å²) in [4.78, 5) is 26.6. The second-order valence-electron chi connectivity index (χ2n) is 8.83. The molecular weight excluding hydrogens is 364 g/mol. The highest BCUT2D eigenvalue weighted by atomic mass is 16.1. The summed E-state index contributed by atoms with van der Waals surface area (Å²) >= 11 is 0. The van der Waals surface area contributed by atoms with Gasteiger partial charge in [-0.2, -0.15) is 9.50 Å². The zero-order chi connectivity index (χ0) is 20.6. The number of aromatic nitrogens is 4. The minimum absolute atomic E-state index is 0.0996. The fourth-order valence-electron chi connectivity index (χ4n) is 3.76. The molecule has 1 fully saturated rings. The lowest BCUT2D eigenvalue weighted by molar-refractivity contribution is 0.131. The first kappa shape index (κ1) is 19.8. The van der Waals surface area contributed by atoms with Crippen LogP contribution in [-0.4, -0.2) is 62.1 Å². The van der Waals surface area contributed by atoms with Gasteiger partial charge in [-0.25, -0.2) is 4.98 Å². The van der Waals surface area contributed by atoms with Crippen LogP contribution in [0, 0.1) is 0 Å². The van der Waals surface area contributed by atoms with Crippen molar-refractivity contribution in [3.63, 3.8) is 0 Å². The fraction of sp³-hybridized carbons (Fsp3) is 0.500. The van der Waals surface area contributed by atoms with Gasteiger partial charge in [0, 0.05) is 44.4 Å². The SMILES string of the molecule is CCN1CCN(Cc2cc(=O)n3[nH]c(-c4ccc(C(C)(C)C)cc4)nc3n2)CC1. The molecule has 0 atom stereocenters. The second kappa shape index (κ2) is 7.72. The number of hydrogen-bond donors (Lipinski definition) is 1. The van der Waals surface area contributed by atoms with Gasteiger partial charge < -0.3 is 4.90 Å². The third-order valence-electron chi connectivity index (χ3n) is 5.71. The van der Waals surface area contributed by atoms with E-state index < -0.39 is 0 Å². The van der Waals surface area contributed by atoms with Crippen LogP contribution in [0.3, 0.4) is 0 Å². The molecule has 0 saturated carbocycles. The van der Waals surface area contributed by atoms with Crippen LogP contribution in [0.4, 0.5) is 0 Å². The van der Waals surface area contributed by atoms with Crippen molar-refractivity contribution in [3.8, 4) is 11.4 Å². The lowest BCUT2D eigenvalue weighted by Crippen LogP contribution is -2.45. The van der Waals surface area contributed by atoms with Gasteiger partial charge in [-0.3, -0.25) is 14.8 Å². The smallest absolute Gasteiger partial charge is 0.274 e. The number of H-pyrrole nitrogens is 1. The zero-order valence-corrected chi connectivity index (χ0v) is 17.8. The predicted molar refractivity (Wildman–Crippen MR) is 115 cm³/mol. The topological polar surface area (TPSA) is 69.5 Å². The van der Waals surface area contributed by atoms with Crippen molar-refractivity contribution in [3.05, 3.63) is 51.9 Å². The van der Waals surface area contributed by atoms with Crippen LogP contribution in [0.1, 0.15) is 39.0 Å². The van der Waals surface area contributed by atoms with Gasteiger partial charge >= 0.3 is 0 Å². The molecule has 1 aliphatic rings. The monoisotopic (exact) mass is 394 g/mol. The minimum Gasteiger partial charge on any atom is -0.301 e. The van der Waals surface area contributed by atoms with Crippen LogP contribution in [0.2, 0.25) is 0 Å². The second-order valence-corrected chi connectivity index (χ2v) is 8.83. The maximum atomic E-state index is 12.6. The van der Waals surface area contributed by atoms with Crippen LogP contribution in [0.15, 0.2) is 35.1 Å². The number of rotatable bonds is 4. The van der Waals surface area contributed by atoms with Gasteiger partial charge in [0.05, 0.1) is 5.69 Å². The Morgan fingerprint density at radius 3 is 2.28 bits per heavy atom. The van der Waals surface area contributed by atoms with Gasteiger partial charge in [-0.1, -0.05) is 52.0 Å². The molecule has 0 radical (unpaired) electrons. The van der Waals surface area contributed by atoms with Crippen molar-refractivity contribution in [2.24, 2.45) is 0 Å². The molecule has 3 heterocycles. The van der Waals surface area contributed by atoms with E-state index in [0.717, 1.165) is 44.0 Å². The molecule has 2 aromatic heterocycles. The van der Waals surface area contributed by atoms with E-state index >= 15 is 0 Å². The van der Waals surface area contributed by atoms with E-state index in [1.807, 2.05) is 12.1 Å². The summed E-state index contributed by atoms with van der Waals surface area (Å²) in [6, 6.07) is 9.92. The molecule has 0 amide bonds. The number of benzene rings is 1. The molecule has 0 bridgehead atoms. The molecule has 1 N–H and O–H groups in total. The summed E-state index contributed by atoms with van der Waals surface area (Å²) in [5.74, 6) is 1.08. The highest BCUT2D eigenvalue weighted by Crippen LogP contribution is 2.24. The predicted octanol–water partition coefficient (Wildman–Crippen LogP) is 2.52. The Labute approximate surface area is 171 Å². The van der Waals surface area contributed by atoms with E-state index in [9.17, 15) is 4.79 Å². The normalized spacial score (nSPS) is 16.6. The summed E-state index contributed by atoms with van der Waals surface area (Å²) in [6.07, 6.45) is 0. The fourth-order valence-corrected chi connectivity index (χ4v) is 3.76. The molecule has 1 saturated heterocycles. The van der Waals surface area contributed by atoms with E-state index in [0.29, 0.717) is 18.1 Å². The van der Waals surface area contributed by atoms with Crippen molar-refractivity contribution in [2.45, 2.75) is 39.7 Å². The van der Waals surface area contributed by atoms with E-state index in [2.05, 4.69) is 64.7 Å². The van der Waals surface area contributed by atoms with Crippen molar-refractivity contribution in [2.75, 3.05) is 32.7 Å². The number of likely N-dealkylation sites (N-methyl/N-ethyl adjacent to an activating group) is 1. The molecule has 7 nitrogen and oxygen atoms in total. The molecule has 29 heavy (non-hydrogen) atoms. The van der Waals surface area contributed by atoms with Crippen LogP contribution in [0.25, 0.3) is 17.2 Å². The third-order valence-corrected chi connectivity index (χ3v) is 5.71. The number of nitrogens with one attached hydrogen (secondary N) is 1. The average molecular weight is 395 g/mol.